The molecule has 740 valence electrons. The molecule has 0 aromatic heterocycles. The van der Waals surface area contributed by atoms with Gasteiger partial charge in [0.05, 0.1) is 54.2 Å². The number of carboxylic acids is 2. The van der Waals surface area contributed by atoms with Gasteiger partial charge >= 0.3 is 29.8 Å². The van der Waals surface area contributed by atoms with E-state index in [4.69, 9.17) is 37.8 Å². The van der Waals surface area contributed by atoms with Gasteiger partial charge in [-0.3, -0.25) is 47.9 Å². The van der Waals surface area contributed by atoms with Gasteiger partial charge in [-0.15, -0.1) is 16.7 Å². The fraction of sp³-hybridized carbons (Fsp3) is 0.333. The number of hydrogen-bond acceptors (Lipinski definition) is 20. The summed E-state index contributed by atoms with van der Waals surface area (Å²) >= 11 is 0. The molecule has 0 aliphatic heterocycles. The fourth-order valence-electron chi connectivity index (χ4n) is 12.7. The van der Waals surface area contributed by atoms with E-state index in [-0.39, 0.29) is 126 Å². The molecule has 6 rings (SSSR count). The molecule has 135 heavy (non-hydrogen) atoms. The second-order valence-electron chi connectivity index (χ2n) is 30.5. The lowest BCUT2D eigenvalue weighted by atomic mass is 9.82. The quantitative estimate of drug-likeness (QED) is 0.00248. The van der Waals surface area contributed by atoms with Gasteiger partial charge in [0.1, 0.15) is 17.6 Å². The van der Waals surface area contributed by atoms with Crippen LogP contribution in [-0.2, 0) is 52.6 Å². The highest BCUT2D eigenvalue weighted by Crippen LogP contribution is 2.36. The Morgan fingerprint density at radius 2 is 0.756 bits per heavy atom. The minimum Gasteiger partial charge on any atom is -0.510 e. The van der Waals surface area contributed by atoms with E-state index in [0.29, 0.717) is 93.6 Å². The molecule has 27 nitrogen and oxygen atoms in total. The van der Waals surface area contributed by atoms with Gasteiger partial charge in [0, 0.05) is 142 Å². The predicted octanol–water partition coefficient (Wildman–Crippen LogP) is 23.3. The number of carbonyl (C=O) groups is 10. The van der Waals surface area contributed by atoms with Crippen LogP contribution in [0.4, 0.5) is 34.1 Å². The number of allylic oxidation sites excluding steroid dienone is 2. The summed E-state index contributed by atoms with van der Waals surface area (Å²) in [6, 6.07) is 44.9. The molecule has 0 saturated heterocycles. The number of benzene rings is 6. The number of aliphatic hydroxyl groups excluding tert-OH is 2. The topological polar surface area (TPSA) is 443 Å². The summed E-state index contributed by atoms with van der Waals surface area (Å²) in [7, 11) is 0. The third kappa shape index (κ3) is 45.9. The van der Waals surface area contributed by atoms with Crippen LogP contribution in [0.2, 0.25) is 0 Å². The SMILES string of the molecule is C#CC#CC#CC#CC#CC#CC#CC#CC#CC#CC#COC(=O)C(C)CCC(CCC(CCC(CCC(CC)C(=O)O)C(=O)Nc1cccc(NC(=O)C(N=Nc2cccc(C(N)=O)c2)=C(C)O)c1)c1ccccc1)C(=O)OCCCC.CC(O)=C(N=Nc1cccc(C(N)=O)c1)C(=O)Nc1cccc(N)c1.CCCCOC(=O)C(C)CCC(CCC(CC)C(=O)O)c1ccccc1.[HH].[HH].[HH].[HH].[HH].[HH].[HH].[HH].[HH].[HH].[HH].[HH].[HH].[HH].[HH].[HH].[HH].[HH].[HH].[HH].[HH].[HH]. The summed E-state index contributed by atoms with van der Waals surface area (Å²) in [5, 5.41) is 63.0. The lowest BCUT2D eigenvalue weighted by Gasteiger charge is -2.24. The Morgan fingerprint density at radius 1 is 0.400 bits per heavy atom. The lowest BCUT2D eigenvalue weighted by Crippen LogP contribution is -2.25. The number of carbonyl (C=O) groups excluding carboxylic acids is 8. The highest BCUT2D eigenvalue weighted by Gasteiger charge is 2.30. The fourth-order valence-corrected chi connectivity index (χ4v) is 12.7. The van der Waals surface area contributed by atoms with Gasteiger partial charge < -0.3 is 67.8 Å². The number of nitrogens with one attached hydrogen (secondary N) is 3. The number of anilines is 4. The van der Waals surface area contributed by atoms with E-state index < -0.39 is 76.7 Å². The lowest BCUT2D eigenvalue weighted by molar-refractivity contribution is -0.150. The number of nitrogens with zero attached hydrogens (tertiary/aromatic N) is 4. The first-order chi connectivity index (χ1) is 65.0. The van der Waals surface area contributed by atoms with Gasteiger partial charge in [-0.1, -0.05) is 139 Å². The molecule has 13 N–H and O–H groups in total. The Morgan fingerprint density at radius 3 is 1.17 bits per heavy atom. The summed E-state index contributed by atoms with van der Waals surface area (Å²) in [5.74, 6) is 39.6. The number of nitrogens with two attached hydrogens (primary N) is 3. The average molecular weight is 1870 g/mol. The summed E-state index contributed by atoms with van der Waals surface area (Å²) in [4.78, 5) is 125. The third-order valence-electron chi connectivity index (χ3n) is 20.4. The molecule has 8 atom stereocenters. The summed E-state index contributed by atoms with van der Waals surface area (Å²) in [5.41, 5.74) is 20.2. The monoisotopic (exact) mass is 1870 g/mol. The number of hydrogen-bond donors (Lipinski definition) is 10. The van der Waals surface area contributed by atoms with Gasteiger partial charge in [0.2, 0.25) is 17.7 Å². The van der Waals surface area contributed by atoms with Crippen molar-refractivity contribution in [3.63, 3.8) is 0 Å². The zero-order valence-electron chi connectivity index (χ0n) is 77.0. The van der Waals surface area contributed by atoms with E-state index >= 15 is 0 Å². The van der Waals surface area contributed by atoms with Crippen molar-refractivity contribution < 1.29 is 114 Å². The predicted molar refractivity (Wildman–Crippen MR) is 566 cm³/mol. The molecule has 6 aromatic rings. The summed E-state index contributed by atoms with van der Waals surface area (Å²) in [6.07, 6.45) is 17.8. The number of nitrogen functional groups attached to an aromatic ring is 1. The molecule has 8 unspecified atom stereocenters. The maximum atomic E-state index is 14.3. The van der Waals surface area contributed by atoms with Crippen LogP contribution < -0.4 is 33.2 Å². The number of ether oxygens (including phenoxy) is 3. The molecule has 0 heterocycles. The number of rotatable bonds is 45. The van der Waals surface area contributed by atoms with Crippen LogP contribution in [0.5, 0.6) is 0 Å². The maximum absolute atomic E-state index is 14.3. The van der Waals surface area contributed by atoms with Crippen molar-refractivity contribution in [2.24, 2.45) is 67.4 Å². The van der Waals surface area contributed by atoms with Crippen LogP contribution in [0.3, 0.4) is 0 Å². The van der Waals surface area contributed by atoms with E-state index in [1.165, 1.54) is 55.8 Å². The first-order valence-corrected chi connectivity index (χ1v) is 43.9. The Hall–Kier alpha value is -16.7. The van der Waals surface area contributed by atoms with Crippen molar-refractivity contribution in [2.75, 3.05) is 34.9 Å². The Bertz CT molecular complexity index is 6030. The molecule has 0 aliphatic carbocycles. The Labute approximate surface area is 823 Å². The molecular weight excluding hydrogens is 1710 g/mol. The highest BCUT2D eigenvalue weighted by molar-refractivity contribution is 6.05. The standard InChI is InChI=1S/C69H61N5O10.C22H34O4.C17H17N5O3.22H2/c1-6-9-11-12-13-14-15-16-17-18-19-20-21-22-23-24-25-26-27-31-49-83-68(81)52(4)40-41-58(69(82)84-48-10-7-2)47-44-56(55-34-29-28-30-35-55)43-46-57(45-42-54(8-3)67(79)80)65(77)71-60-37-33-38-61(51-60)72-66(78)63(53(5)75)74-73-62-39-32-36-59(50-62)64(70)76;1-4-6-16-26-22(25)17(3)12-13-20(19-10-8-7-9-11-19)15-14-18(5-2)21(23)24;1-10(23)15(17(25)20-13-6-3-5-12(18)9-13)22-21-14-7-2-4-11(8-14)16(19)24;;;;;;;;;;;;;;;;;;;;;;/h1,28-30,32-39,50-52,54,56-58,75H,7-8,10,40-48H2,2-5H3,(H2,70,76)(H,71,77)(H,72,78)(H,79,80);7-11,17-18,20H,4-6,12-16H2,1-3H3,(H,23,24);2-9,23H,18H2,1H3,(H2,19,24)(H,20,25);22*1H. The van der Waals surface area contributed by atoms with Crippen LogP contribution >= 0.6 is 0 Å². The molecule has 0 fully saturated rings. The van der Waals surface area contributed by atoms with Crippen molar-refractivity contribution in [3.05, 3.63) is 203 Å². The van der Waals surface area contributed by atoms with Crippen molar-refractivity contribution in [1.29, 1.82) is 0 Å². The molecule has 27 heteroatoms. The molecule has 0 spiro atoms. The number of amides is 5. The van der Waals surface area contributed by atoms with Crippen LogP contribution in [0.25, 0.3) is 0 Å². The number of aliphatic carboxylic acids is 2. The maximum Gasteiger partial charge on any atom is 0.322 e. The average Bonchev–Trinajstić information content (AvgIpc) is 0.855. The van der Waals surface area contributed by atoms with Crippen LogP contribution in [-0.4, -0.2) is 93.0 Å². The molecule has 6 aromatic carbocycles. The number of unbranched alkanes of at least 4 members (excludes halogenated alkanes) is 2. The number of primary amides is 2. The molecule has 0 radical (unpaired) electrons. The minimum atomic E-state index is -0.954. The van der Waals surface area contributed by atoms with Crippen molar-refractivity contribution in [3.8, 4) is 131 Å². The number of aliphatic hydroxyl groups is 2. The molecule has 5 amide bonds. The smallest absolute Gasteiger partial charge is 0.322 e. The van der Waals surface area contributed by atoms with E-state index in [9.17, 15) is 68.4 Å². The van der Waals surface area contributed by atoms with E-state index in [1.54, 1.807) is 74.5 Å². The number of esters is 3. The van der Waals surface area contributed by atoms with Crippen LogP contribution in [0, 0.1) is 166 Å². The number of terminal acetylenes is 1. The van der Waals surface area contributed by atoms with Gasteiger partial charge in [-0.2, -0.15) is 10.2 Å². The van der Waals surface area contributed by atoms with E-state index in [0.717, 1.165) is 44.1 Å². The zero-order chi connectivity index (χ0) is 98.9. The second-order valence-corrected chi connectivity index (χ2v) is 30.5. The number of azo groups is 2. The van der Waals surface area contributed by atoms with Gasteiger partial charge in [0.15, 0.2) is 11.4 Å². The summed E-state index contributed by atoms with van der Waals surface area (Å²) < 4.78 is 16.2. The Kier molecular flexibility index (Phi) is 53.2. The number of carboxylic acid groups (broad SMARTS) is 2. The van der Waals surface area contributed by atoms with Crippen molar-refractivity contribution in [2.45, 2.75) is 183 Å². The summed E-state index contributed by atoms with van der Waals surface area (Å²) in [6.45, 7) is 14.7. The minimum absolute atomic E-state index is 0. The third-order valence-corrected chi connectivity index (χ3v) is 20.4. The van der Waals surface area contributed by atoms with Crippen LogP contribution in [0.1, 0.15) is 246 Å². The Balaban J connectivity index is -0.000000128. The first kappa shape index (κ1) is 111. The normalized spacial score (nSPS) is 12.1. The molecule has 0 aliphatic rings. The molecule has 0 saturated carbocycles. The van der Waals surface area contributed by atoms with Crippen LogP contribution in [0.15, 0.2) is 201 Å². The molecular formula is C108H156N10O17. The zero-order valence-corrected chi connectivity index (χ0v) is 77.0. The van der Waals surface area contributed by atoms with Gasteiger partial charge in [0.25, 0.3) is 11.8 Å². The molecule has 0 bridgehead atoms. The van der Waals surface area contributed by atoms with Gasteiger partial charge in [-0.05, 0) is 260 Å². The first-order valence-electron chi connectivity index (χ1n) is 43.9. The largest absolute Gasteiger partial charge is 0.510 e. The van der Waals surface area contributed by atoms with Gasteiger partial charge in [-0.25, -0.2) is 0 Å². The van der Waals surface area contributed by atoms with E-state index in [2.05, 4.69) is 180 Å². The van der Waals surface area contributed by atoms with Crippen molar-refractivity contribution >= 4 is 93.5 Å². The van der Waals surface area contributed by atoms with Crippen molar-refractivity contribution in [1.82, 2.24) is 0 Å². The highest BCUT2D eigenvalue weighted by atomic mass is 16.5. The van der Waals surface area contributed by atoms with E-state index in [1.807, 2.05) is 69.3 Å². The second kappa shape index (κ2) is 64.9.